The number of nitrogens with one attached hydrogen (secondary N) is 1. The summed E-state index contributed by atoms with van der Waals surface area (Å²) in [4.78, 5) is 28.2. The summed E-state index contributed by atoms with van der Waals surface area (Å²) in [6.45, 7) is 1.63. The van der Waals surface area contributed by atoms with Crippen LogP contribution in [-0.4, -0.2) is 37.0 Å². The Hall–Kier alpha value is -2.18. The summed E-state index contributed by atoms with van der Waals surface area (Å²) in [5, 5.41) is 2.06. The normalized spacial score (nSPS) is 17.7. The second kappa shape index (κ2) is 8.23. The van der Waals surface area contributed by atoms with Crippen molar-refractivity contribution in [1.29, 1.82) is 0 Å². The molecule has 2 aromatic rings. The van der Waals surface area contributed by atoms with Crippen molar-refractivity contribution in [2.24, 2.45) is 0 Å². The van der Waals surface area contributed by atoms with E-state index >= 15 is 0 Å². The van der Waals surface area contributed by atoms with Gasteiger partial charge in [-0.05, 0) is 48.9 Å². The number of thioether (sulfide) groups is 1. The SMILES string of the molecule is C[C@H](Cl)C(=O)Nc1cccc([C@H]2SCC(=O)N2c2ccc(N(C)C)cc2)c1. The van der Waals surface area contributed by atoms with Crippen LogP contribution in [0.25, 0.3) is 0 Å². The molecule has 3 rings (SSSR count). The van der Waals surface area contributed by atoms with Gasteiger partial charge in [0.2, 0.25) is 11.8 Å². The first kappa shape index (κ1) is 19.6. The number of halogens is 1. The van der Waals surface area contributed by atoms with E-state index in [1.165, 1.54) is 0 Å². The molecule has 0 saturated carbocycles. The van der Waals surface area contributed by atoms with Gasteiger partial charge in [-0.1, -0.05) is 12.1 Å². The third-order valence-electron chi connectivity index (χ3n) is 4.31. The van der Waals surface area contributed by atoms with Gasteiger partial charge in [-0.2, -0.15) is 0 Å². The van der Waals surface area contributed by atoms with Crippen molar-refractivity contribution in [3.63, 3.8) is 0 Å². The van der Waals surface area contributed by atoms with Crippen LogP contribution in [-0.2, 0) is 9.59 Å². The van der Waals surface area contributed by atoms with E-state index in [0.29, 0.717) is 11.4 Å². The smallest absolute Gasteiger partial charge is 0.242 e. The molecule has 2 atom stereocenters. The highest BCUT2D eigenvalue weighted by Crippen LogP contribution is 2.42. The molecule has 2 aromatic carbocycles. The summed E-state index contributed by atoms with van der Waals surface area (Å²) in [6, 6.07) is 15.5. The summed E-state index contributed by atoms with van der Waals surface area (Å²) in [6.07, 6.45) is 0. The summed E-state index contributed by atoms with van der Waals surface area (Å²) < 4.78 is 0. The highest BCUT2D eigenvalue weighted by molar-refractivity contribution is 8.00. The number of carbonyl (C=O) groups excluding carboxylic acids is 2. The van der Waals surface area contributed by atoms with Gasteiger partial charge >= 0.3 is 0 Å². The van der Waals surface area contributed by atoms with Crippen molar-refractivity contribution >= 4 is 52.2 Å². The molecule has 0 bridgehead atoms. The maximum Gasteiger partial charge on any atom is 0.242 e. The lowest BCUT2D eigenvalue weighted by atomic mass is 10.1. The van der Waals surface area contributed by atoms with Crippen LogP contribution in [0.5, 0.6) is 0 Å². The highest BCUT2D eigenvalue weighted by atomic mass is 35.5. The molecular formula is C20H22ClN3O2S. The summed E-state index contributed by atoms with van der Waals surface area (Å²) in [7, 11) is 3.96. The fraction of sp³-hybridized carbons (Fsp3) is 0.300. The minimum absolute atomic E-state index is 0.0754. The van der Waals surface area contributed by atoms with E-state index in [2.05, 4.69) is 5.32 Å². The quantitative estimate of drug-likeness (QED) is 0.764. The van der Waals surface area contributed by atoms with Gasteiger partial charge in [0.05, 0.1) is 5.75 Å². The van der Waals surface area contributed by atoms with E-state index in [-0.39, 0.29) is 17.2 Å². The fourth-order valence-corrected chi connectivity index (χ4v) is 4.09. The lowest BCUT2D eigenvalue weighted by molar-refractivity contribution is -0.116. The maximum atomic E-state index is 12.5. The predicted molar refractivity (Wildman–Crippen MR) is 114 cm³/mol. The number of amides is 2. The molecule has 1 aliphatic heterocycles. The van der Waals surface area contributed by atoms with Gasteiger partial charge < -0.3 is 10.2 Å². The Morgan fingerprint density at radius 1 is 1.26 bits per heavy atom. The second-order valence-corrected chi connectivity index (χ2v) is 8.29. The average molecular weight is 404 g/mol. The molecule has 0 aromatic heterocycles. The van der Waals surface area contributed by atoms with E-state index in [0.717, 1.165) is 16.9 Å². The zero-order valence-corrected chi connectivity index (χ0v) is 17.1. The topological polar surface area (TPSA) is 52.7 Å². The first-order valence-electron chi connectivity index (χ1n) is 8.63. The number of rotatable bonds is 5. The average Bonchev–Trinajstić information content (AvgIpc) is 3.03. The van der Waals surface area contributed by atoms with Crippen LogP contribution in [0.2, 0.25) is 0 Å². The number of benzene rings is 2. The number of alkyl halides is 1. The Kier molecular flexibility index (Phi) is 5.97. The lowest BCUT2D eigenvalue weighted by Gasteiger charge is -2.25. The fourth-order valence-electron chi connectivity index (χ4n) is 2.87. The maximum absolute atomic E-state index is 12.5. The lowest BCUT2D eigenvalue weighted by Crippen LogP contribution is -2.28. The standard InChI is InChI=1S/C20H22ClN3O2S/c1-13(21)19(26)22-15-6-4-5-14(11-15)20-24(18(25)12-27-20)17-9-7-16(8-10-17)23(2)3/h4-11,13,20H,12H2,1-3H3,(H,22,26)/t13-,20+/m0/s1. The Balaban J connectivity index is 1.87. The van der Waals surface area contributed by atoms with Crippen LogP contribution in [0.3, 0.4) is 0 Å². The molecule has 1 heterocycles. The van der Waals surface area contributed by atoms with Gasteiger partial charge in [0.25, 0.3) is 0 Å². The zero-order chi connectivity index (χ0) is 19.6. The number of hydrogen-bond acceptors (Lipinski definition) is 4. The Morgan fingerprint density at radius 2 is 1.96 bits per heavy atom. The second-order valence-electron chi connectivity index (χ2n) is 6.57. The van der Waals surface area contributed by atoms with Crippen molar-refractivity contribution < 1.29 is 9.59 Å². The molecule has 0 spiro atoms. The van der Waals surface area contributed by atoms with Crippen molar-refractivity contribution in [3.8, 4) is 0 Å². The third-order valence-corrected chi connectivity index (χ3v) is 5.72. The number of hydrogen-bond donors (Lipinski definition) is 1. The van der Waals surface area contributed by atoms with E-state index in [4.69, 9.17) is 11.6 Å². The van der Waals surface area contributed by atoms with Crippen LogP contribution in [0, 0.1) is 0 Å². The Morgan fingerprint density at radius 3 is 2.59 bits per heavy atom. The molecule has 0 unspecified atom stereocenters. The first-order valence-corrected chi connectivity index (χ1v) is 10.1. The van der Waals surface area contributed by atoms with Gasteiger partial charge in [-0.25, -0.2) is 0 Å². The number of anilines is 3. The van der Waals surface area contributed by atoms with Crippen LogP contribution < -0.4 is 15.1 Å². The van der Waals surface area contributed by atoms with Crippen molar-refractivity contribution in [3.05, 3.63) is 54.1 Å². The molecule has 1 saturated heterocycles. The van der Waals surface area contributed by atoms with E-state index in [9.17, 15) is 9.59 Å². The van der Waals surface area contributed by atoms with Gasteiger partial charge in [-0.3, -0.25) is 14.5 Å². The molecule has 2 amide bonds. The summed E-state index contributed by atoms with van der Waals surface area (Å²) >= 11 is 7.41. The van der Waals surface area contributed by atoms with Gasteiger partial charge in [0.1, 0.15) is 10.8 Å². The van der Waals surface area contributed by atoms with Crippen molar-refractivity contribution in [1.82, 2.24) is 0 Å². The van der Waals surface area contributed by atoms with Crippen molar-refractivity contribution in [2.45, 2.75) is 17.7 Å². The van der Waals surface area contributed by atoms with Crippen LogP contribution in [0.15, 0.2) is 48.5 Å². The monoisotopic (exact) mass is 403 g/mol. The molecule has 1 fully saturated rings. The van der Waals surface area contributed by atoms with Gasteiger partial charge in [-0.15, -0.1) is 23.4 Å². The number of carbonyl (C=O) groups is 2. The van der Waals surface area contributed by atoms with Gasteiger partial charge in [0, 0.05) is 31.2 Å². The highest BCUT2D eigenvalue weighted by Gasteiger charge is 2.34. The van der Waals surface area contributed by atoms with E-state index < -0.39 is 5.38 Å². The van der Waals surface area contributed by atoms with Crippen LogP contribution in [0.1, 0.15) is 17.9 Å². The molecule has 5 nitrogen and oxygen atoms in total. The minimum atomic E-state index is -0.609. The largest absolute Gasteiger partial charge is 0.378 e. The van der Waals surface area contributed by atoms with E-state index in [1.807, 2.05) is 72.4 Å². The van der Waals surface area contributed by atoms with Gasteiger partial charge in [0.15, 0.2) is 0 Å². The van der Waals surface area contributed by atoms with Crippen LogP contribution in [0.4, 0.5) is 17.1 Å². The molecular weight excluding hydrogens is 382 g/mol. The third kappa shape index (κ3) is 4.39. The number of nitrogens with zero attached hydrogens (tertiary/aromatic N) is 2. The Labute approximate surface area is 168 Å². The molecule has 7 heteroatoms. The molecule has 1 aliphatic rings. The molecule has 27 heavy (non-hydrogen) atoms. The summed E-state index contributed by atoms with van der Waals surface area (Å²) in [5.74, 6) is 0.251. The summed E-state index contributed by atoms with van der Waals surface area (Å²) in [5.41, 5.74) is 3.58. The molecule has 1 N–H and O–H groups in total. The zero-order valence-electron chi connectivity index (χ0n) is 15.5. The van der Waals surface area contributed by atoms with E-state index in [1.54, 1.807) is 18.7 Å². The molecule has 0 aliphatic carbocycles. The minimum Gasteiger partial charge on any atom is -0.378 e. The van der Waals surface area contributed by atoms with Crippen molar-refractivity contribution in [2.75, 3.05) is 35.0 Å². The molecule has 0 radical (unpaired) electrons. The predicted octanol–water partition coefficient (Wildman–Crippen LogP) is 4.10. The van der Waals surface area contributed by atoms with Crippen LogP contribution >= 0.6 is 23.4 Å². The molecule has 142 valence electrons. The first-order chi connectivity index (χ1) is 12.9. The Bertz CT molecular complexity index is 839.